The van der Waals surface area contributed by atoms with Gasteiger partial charge in [-0.25, -0.2) is 0 Å². The van der Waals surface area contributed by atoms with E-state index in [1.165, 1.54) is 0 Å². The molecule has 1 aliphatic heterocycles. The molecule has 0 spiro atoms. The molecule has 1 aromatic heterocycles. The second-order valence-electron chi connectivity index (χ2n) is 5.87. The highest BCUT2D eigenvalue weighted by molar-refractivity contribution is 6.30. The number of ether oxygens (including phenoxy) is 1. The first kappa shape index (κ1) is 15.9. The van der Waals surface area contributed by atoms with Gasteiger partial charge in [0.2, 0.25) is 0 Å². The predicted molar refractivity (Wildman–Crippen MR) is 89.1 cm³/mol. The van der Waals surface area contributed by atoms with Gasteiger partial charge in [-0.1, -0.05) is 17.7 Å². The van der Waals surface area contributed by atoms with Gasteiger partial charge in [-0.15, -0.1) is 0 Å². The van der Waals surface area contributed by atoms with Gasteiger partial charge in [0.1, 0.15) is 5.75 Å². The Hall–Kier alpha value is -2.01. The van der Waals surface area contributed by atoms with Crippen molar-refractivity contribution < 1.29 is 9.53 Å². The van der Waals surface area contributed by atoms with E-state index in [1.54, 1.807) is 4.68 Å². The SMILES string of the molecule is Cc1nn(C)c(C)c1C(=O)NC1CCCOc2cc(Cl)ccc21. The minimum atomic E-state index is -0.0964. The number of nitrogens with one attached hydrogen (secondary N) is 1. The topological polar surface area (TPSA) is 56.2 Å². The van der Waals surface area contributed by atoms with Crippen molar-refractivity contribution in [3.63, 3.8) is 0 Å². The fourth-order valence-corrected chi connectivity index (χ4v) is 3.19. The fourth-order valence-electron chi connectivity index (χ4n) is 3.03. The quantitative estimate of drug-likeness (QED) is 0.917. The number of hydrogen-bond donors (Lipinski definition) is 1. The van der Waals surface area contributed by atoms with Gasteiger partial charge in [0, 0.05) is 23.3 Å². The summed E-state index contributed by atoms with van der Waals surface area (Å²) in [6, 6.07) is 5.48. The van der Waals surface area contributed by atoms with Crippen LogP contribution in [0.1, 0.15) is 46.2 Å². The van der Waals surface area contributed by atoms with Gasteiger partial charge in [-0.3, -0.25) is 9.48 Å². The van der Waals surface area contributed by atoms with Crippen LogP contribution >= 0.6 is 11.6 Å². The summed E-state index contributed by atoms with van der Waals surface area (Å²) in [4.78, 5) is 12.7. The summed E-state index contributed by atoms with van der Waals surface area (Å²) in [5.74, 6) is 0.654. The third-order valence-corrected chi connectivity index (χ3v) is 4.52. The average molecular weight is 334 g/mol. The zero-order valence-electron chi connectivity index (χ0n) is 13.5. The Balaban J connectivity index is 1.89. The van der Waals surface area contributed by atoms with Crippen molar-refractivity contribution in [1.29, 1.82) is 0 Å². The second-order valence-corrected chi connectivity index (χ2v) is 6.30. The zero-order chi connectivity index (χ0) is 16.6. The molecule has 122 valence electrons. The molecule has 1 unspecified atom stereocenters. The van der Waals surface area contributed by atoms with Crippen LogP contribution in [0.15, 0.2) is 18.2 Å². The van der Waals surface area contributed by atoms with E-state index < -0.39 is 0 Å². The number of benzene rings is 1. The Labute approximate surface area is 140 Å². The van der Waals surface area contributed by atoms with Crippen LogP contribution in [0.4, 0.5) is 0 Å². The molecule has 0 saturated carbocycles. The largest absolute Gasteiger partial charge is 0.493 e. The van der Waals surface area contributed by atoms with Crippen molar-refractivity contribution in [3.05, 3.63) is 45.7 Å². The number of carbonyl (C=O) groups is 1. The molecule has 1 aliphatic rings. The summed E-state index contributed by atoms with van der Waals surface area (Å²) in [6.45, 7) is 4.38. The minimum absolute atomic E-state index is 0.0868. The number of fused-ring (bicyclic) bond motifs is 1. The van der Waals surface area contributed by atoms with E-state index in [-0.39, 0.29) is 11.9 Å². The molecular weight excluding hydrogens is 314 g/mol. The van der Waals surface area contributed by atoms with Crippen molar-refractivity contribution in [2.75, 3.05) is 6.61 Å². The van der Waals surface area contributed by atoms with Gasteiger partial charge < -0.3 is 10.1 Å². The maximum atomic E-state index is 12.7. The molecule has 5 nitrogen and oxygen atoms in total. The number of rotatable bonds is 2. The smallest absolute Gasteiger partial charge is 0.255 e. The van der Waals surface area contributed by atoms with E-state index in [1.807, 2.05) is 39.1 Å². The number of hydrogen-bond acceptors (Lipinski definition) is 3. The minimum Gasteiger partial charge on any atom is -0.493 e. The van der Waals surface area contributed by atoms with Crippen molar-refractivity contribution >= 4 is 17.5 Å². The molecule has 1 atom stereocenters. The Morgan fingerprint density at radius 3 is 2.91 bits per heavy atom. The maximum Gasteiger partial charge on any atom is 0.255 e. The Morgan fingerprint density at radius 2 is 2.22 bits per heavy atom. The Bertz CT molecular complexity index is 755. The van der Waals surface area contributed by atoms with E-state index in [0.29, 0.717) is 17.2 Å². The molecule has 0 aliphatic carbocycles. The Kier molecular flexibility index (Phi) is 4.31. The van der Waals surface area contributed by atoms with Gasteiger partial charge in [-0.05, 0) is 38.8 Å². The van der Waals surface area contributed by atoms with E-state index in [9.17, 15) is 4.79 Å². The number of nitrogens with zero attached hydrogens (tertiary/aromatic N) is 2. The van der Waals surface area contributed by atoms with Crippen LogP contribution in [0, 0.1) is 13.8 Å². The first-order chi connectivity index (χ1) is 11.0. The lowest BCUT2D eigenvalue weighted by Gasteiger charge is -2.18. The highest BCUT2D eigenvalue weighted by Crippen LogP contribution is 2.33. The van der Waals surface area contributed by atoms with E-state index >= 15 is 0 Å². The lowest BCUT2D eigenvalue weighted by molar-refractivity contribution is 0.0933. The molecule has 0 fully saturated rings. The zero-order valence-corrected chi connectivity index (χ0v) is 14.3. The lowest BCUT2D eigenvalue weighted by atomic mass is 10.0. The molecule has 23 heavy (non-hydrogen) atoms. The highest BCUT2D eigenvalue weighted by Gasteiger charge is 2.25. The van der Waals surface area contributed by atoms with Crippen LogP contribution in [0.3, 0.4) is 0 Å². The van der Waals surface area contributed by atoms with E-state index in [4.69, 9.17) is 16.3 Å². The molecule has 1 N–H and O–H groups in total. The molecule has 0 bridgehead atoms. The standard InChI is InChI=1S/C17H20ClN3O2/c1-10-16(11(2)21(3)20-10)17(22)19-14-5-4-8-23-15-9-12(18)6-7-13(14)15/h6-7,9,14H,4-5,8H2,1-3H3,(H,19,22). The number of carbonyl (C=O) groups excluding carboxylic acids is 1. The number of aryl methyl sites for hydroxylation is 2. The number of halogens is 1. The van der Waals surface area contributed by atoms with Crippen LogP contribution in [-0.2, 0) is 7.05 Å². The molecule has 3 rings (SSSR count). The van der Waals surface area contributed by atoms with Gasteiger partial charge in [-0.2, -0.15) is 5.10 Å². The van der Waals surface area contributed by atoms with Gasteiger partial charge >= 0.3 is 0 Å². The van der Waals surface area contributed by atoms with Crippen LogP contribution in [0.2, 0.25) is 5.02 Å². The first-order valence-corrected chi connectivity index (χ1v) is 8.08. The number of aromatic nitrogens is 2. The monoisotopic (exact) mass is 333 g/mol. The molecular formula is C17H20ClN3O2. The summed E-state index contributed by atoms with van der Waals surface area (Å²) >= 11 is 6.05. The highest BCUT2D eigenvalue weighted by atomic mass is 35.5. The van der Waals surface area contributed by atoms with Crippen molar-refractivity contribution in [3.8, 4) is 5.75 Å². The summed E-state index contributed by atoms with van der Waals surface area (Å²) in [6.07, 6.45) is 1.71. The van der Waals surface area contributed by atoms with E-state index in [2.05, 4.69) is 10.4 Å². The van der Waals surface area contributed by atoms with Crippen LogP contribution < -0.4 is 10.1 Å². The molecule has 2 aromatic rings. The first-order valence-electron chi connectivity index (χ1n) is 7.70. The van der Waals surface area contributed by atoms with Gasteiger partial charge in [0.05, 0.1) is 23.9 Å². The second kappa shape index (κ2) is 6.24. The average Bonchev–Trinajstić information content (AvgIpc) is 2.65. The Morgan fingerprint density at radius 1 is 1.43 bits per heavy atom. The van der Waals surface area contributed by atoms with Crippen molar-refractivity contribution in [1.82, 2.24) is 15.1 Å². The summed E-state index contributed by atoms with van der Waals surface area (Å²) < 4.78 is 7.48. The summed E-state index contributed by atoms with van der Waals surface area (Å²) in [5.41, 5.74) is 3.22. The summed E-state index contributed by atoms with van der Waals surface area (Å²) in [5, 5.41) is 8.08. The molecule has 1 amide bonds. The molecule has 6 heteroatoms. The van der Waals surface area contributed by atoms with Gasteiger partial charge in [0.25, 0.3) is 5.91 Å². The molecule has 0 saturated heterocycles. The summed E-state index contributed by atoms with van der Waals surface area (Å²) in [7, 11) is 1.84. The normalized spacial score (nSPS) is 17.1. The van der Waals surface area contributed by atoms with E-state index in [0.717, 1.165) is 35.5 Å². The van der Waals surface area contributed by atoms with Crippen molar-refractivity contribution in [2.24, 2.45) is 7.05 Å². The van der Waals surface area contributed by atoms with Crippen LogP contribution in [-0.4, -0.2) is 22.3 Å². The lowest BCUT2D eigenvalue weighted by Crippen LogP contribution is -2.29. The van der Waals surface area contributed by atoms with Crippen LogP contribution in [0.25, 0.3) is 0 Å². The third kappa shape index (κ3) is 3.06. The maximum absolute atomic E-state index is 12.7. The predicted octanol–water partition coefficient (Wildman–Crippen LogP) is 3.33. The molecule has 1 aromatic carbocycles. The van der Waals surface area contributed by atoms with Crippen LogP contribution in [0.5, 0.6) is 5.75 Å². The molecule has 0 radical (unpaired) electrons. The van der Waals surface area contributed by atoms with Crippen molar-refractivity contribution in [2.45, 2.75) is 32.7 Å². The van der Waals surface area contributed by atoms with Gasteiger partial charge in [0.15, 0.2) is 0 Å². The number of amides is 1. The fraction of sp³-hybridized carbons (Fsp3) is 0.412. The third-order valence-electron chi connectivity index (χ3n) is 4.29. The molecule has 2 heterocycles.